The van der Waals surface area contributed by atoms with Crippen molar-refractivity contribution in [2.45, 2.75) is 52.5 Å². The minimum Gasteiger partial charge on any atom is -0.466 e. The van der Waals surface area contributed by atoms with Gasteiger partial charge < -0.3 is 9.73 Å². The Morgan fingerprint density at radius 3 is 2.60 bits per heavy atom. The van der Waals surface area contributed by atoms with Crippen LogP contribution in [0, 0.1) is 0 Å². The standard InChI is InChI=1S/C13H23NO/c1-4-10-14-11(3)6-7-13-9-8-12(5-2)15-13/h8-9,11,14H,4-7,10H2,1-3H3. The zero-order valence-electron chi connectivity index (χ0n) is 10.2. The van der Waals surface area contributed by atoms with Gasteiger partial charge in [-0.2, -0.15) is 0 Å². The quantitative estimate of drug-likeness (QED) is 0.746. The summed E-state index contributed by atoms with van der Waals surface area (Å²) in [6.45, 7) is 7.66. The summed E-state index contributed by atoms with van der Waals surface area (Å²) in [5.41, 5.74) is 0. The molecule has 1 aromatic heterocycles. The lowest BCUT2D eigenvalue weighted by molar-refractivity contribution is 0.439. The van der Waals surface area contributed by atoms with E-state index in [4.69, 9.17) is 4.42 Å². The normalized spacial score (nSPS) is 13.0. The Kier molecular flexibility index (Phi) is 5.48. The molecule has 0 radical (unpaired) electrons. The smallest absolute Gasteiger partial charge is 0.104 e. The second kappa shape index (κ2) is 6.67. The van der Waals surface area contributed by atoms with Crippen LogP contribution in [0.15, 0.2) is 16.5 Å². The molecule has 0 aliphatic heterocycles. The van der Waals surface area contributed by atoms with Gasteiger partial charge in [-0.05, 0) is 38.4 Å². The Bertz CT molecular complexity index is 267. The van der Waals surface area contributed by atoms with E-state index in [2.05, 4.69) is 38.2 Å². The lowest BCUT2D eigenvalue weighted by atomic mass is 10.1. The summed E-state index contributed by atoms with van der Waals surface area (Å²) in [7, 11) is 0. The van der Waals surface area contributed by atoms with E-state index in [0.29, 0.717) is 6.04 Å². The highest BCUT2D eigenvalue weighted by Gasteiger charge is 2.04. The average Bonchev–Trinajstić information content (AvgIpc) is 2.71. The number of hydrogen-bond acceptors (Lipinski definition) is 2. The zero-order valence-corrected chi connectivity index (χ0v) is 10.2. The number of nitrogens with one attached hydrogen (secondary N) is 1. The van der Waals surface area contributed by atoms with Gasteiger partial charge >= 0.3 is 0 Å². The summed E-state index contributed by atoms with van der Waals surface area (Å²) in [6, 6.07) is 4.77. The van der Waals surface area contributed by atoms with Gasteiger partial charge in [0.15, 0.2) is 0 Å². The average molecular weight is 209 g/mol. The molecule has 1 rings (SSSR count). The molecular formula is C13H23NO. The van der Waals surface area contributed by atoms with E-state index < -0.39 is 0 Å². The van der Waals surface area contributed by atoms with E-state index in [-0.39, 0.29) is 0 Å². The zero-order chi connectivity index (χ0) is 11.1. The Labute approximate surface area is 93.1 Å². The van der Waals surface area contributed by atoms with Crippen molar-refractivity contribution in [1.29, 1.82) is 0 Å². The number of rotatable bonds is 7. The fraction of sp³-hybridized carbons (Fsp3) is 0.692. The topological polar surface area (TPSA) is 25.2 Å². The van der Waals surface area contributed by atoms with Crippen molar-refractivity contribution < 1.29 is 4.42 Å². The van der Waals surface area contributed by atoms with Crippen LogP contribution < -0.4 is 5.32 Å². The fourth-order valence-corrected chi connectivity index (χ4v) is 1.60. The molecule has 2 nitrogen and oxygen atoms in total. The van der Waals surface area contributed by atoms with Crippen molar-refractivity contribution >= 4 is 0 Å². The highest BCUT2D eigenvalue weighted by molar-refractivity contribution is 5.07. The molecule has 2 heteroatoms. The van der Waals surface area contributed by atoms with Crippen LogP contribution in [-0.4, -0.2) is 12.6 Å². The molecule has 0 amide bonds. The van der Waals surface area contributed by atoms with E-state index in [1.54, 1.807) is 0 Å². The van der Waals surface area contributed by atoms with Crippen LogP contribution in [0.2, 0.25) is 0 Å². The summed E-state index contributed by atoms with van der Waals surface area (Å²) in [5.74, 6) is 2.22. The molecule has 1 heterocycles. The maximum Gasteiger partial charge on any atom is 0.104 e. The van der Waals surface area contributed by atoms with Crippen LogP contribution in [0.25, 0.3) is 0 Å². The SMILES string of the molecule is CCCNC(C)CCc1ccc(CC)o1. The molecule has 1 N–H and O–H groups in total. The van der Waals surface area contributed by atoms with Crippen LogP contribution in [0.5, 0.6) is 0 Å². The lowest BCUT2D eigenvalue weighted by Crippen LogP contribution is -2.26. The first-order valence-electron chi connectivity index (χ1n) is 6.07. The Morgan fingerprint density at radius 2 is 2.00 bits per heavy atom. The third-order valence-corrected chi connectivity index (χ3v) is 2.63. The van der Waals surface area contributed by atoms with Gasteiger partial charge in [-0.3, -0.25) is 0 Å². The van der Waals surface area contributed by atoms with Crippen molar-refractivity contribution in [1.82, 2.24) is 5.32 Å². The van der Waals surface area contributed by atoms with Gasteiger partial charge in [0.2, 0.25) is 0 Å². The molecule has 1 aromatic rings. The number of furan rings is 1. The molecule has 15 heavy (non-hydrogen) atoms. The van der Waals surface area contributed by atoms with Crippen LogP contribution >= 0.6 is 0 Å². The molecule has 0 spiro atoms. The molecule has 0 bridgehead atoms. The Hall–Kier alpha value is -0.760. The van der Waals surface area contributed by atoms with Gasteiger partial charge in [-0.1, -0.05) is 13.8 Å². The molecule has 0 fully saturated rings. The molecule has 0 aliphatic carbocycles. The van der Waals surface area contributed by atoms with Gasteiger partial charge in [0, 0.05) is 18.9 Å². The molecular weight excluding hydrogens is 186 g/mol. The van der Waals surface area contributed by atoms with Gasteiger partial charge in [-0.25, -0.2) is 0 Å². The maximum absolute atomic E-state index is 5.66. The second-order valence-electron chi connectivity index (χ2n) is 4.12. The predicted molar refractivity (Wildman–Crippen MR) is 64.2 cm³/mol. The van der Waals surface area contributed by atoms with E-state index >= 15 is 0 Å². The first-order valence-corrected chi connectivity index (χ1v) is 6.07. The predicted octanol–water partition coefficient (Wildman–Crippen LogP) is 3.16. The molecule has 0 aliphatic rings. The first-order chi connectivity index (χ1) is 7.26. The summed E-state index contributed by atoms with van der Waals surface area (Å²) in [6.07, 6.45) is 4.38. The minimum absolute atomic E-state index is 0.583. The summed E-state index contributed by atoms with van der Waals surface area (Å²) >= 11 is 0. The second-order valence-corrected chi connectivity index (χ2v) is 4.12. The van der Waals surface area contributed by atoms with Gasteiger partial charge in [-0.15, -0.1) is 0 Å². The van der Waals surface area contributed by atoms with E-state index in [9.17, 15) is 0 Å². The van der Waals surface area contributed by atoms with E-state index in [1.165, 1.54) is 6.42 Å². The maximum atomic E-state index is 5.66. The molecule has 0 saturated heterocycles. The first kappa shape index (κ1) is 12.3. The van der Waals surface area contributed by atoms with Crippen LogP contribution in [0.1, 0.15) is 45.1 Å². The molecule has 1 atom stereocenters. The third kappa shape index (κ3) is 4.52. The summed E-state index contributed by atoms with van der Waals surface area (Å²) in [5, 5.41) is 3.48. The van der Waals surface area contributed by atoms with Crippen molar-refractivity contribution in [3.8, 4) is 0 Å². The minimum atomic E-state index is 0.583. The van der Waals surface area contributed by atoms with Crippen molar-refractivity contribution in [3.05, 3.63) is 23.7 Å². The number of hydrogen-bond donors (Lipinski definition) is 1. The van der Waals surface area contributed by atoms with Crippen LogP contribution in [0.3, 0.4) is 0 Å². The fourth-order valence-electron chi connectivity index (χ4n) is 1.60. The summed E-state index contributed by atoms with van der Waals surface area (Å²) < 4.78 is 5.66. The third-order valence-electron chi connectivity index (χ3n) is 2.63. The Balaban J connectivity index is 2.24. The number of aryl methyl sites for hydroxylation is 2. The largest absolute Gasteiger partial charge is 0.466 e. The van der Waals surface area contributed by atoms with Crippen LogP contribution in [-0.2, 0) is 12.8 Å². The van der Waals surface area contributed by atoms with Crippen molar-refractivity contribution in [3.63, 3.8) is 0 Å². The van der Waals surface area contributed by atoms with Gasteiger partial charge in [0.05, 0.1) is 0 Å². The van der Waals surface area contributed by atoms with Crippen molar-refractivity contribution in [2.24, 2.45) is 0 Å². The van der Waals surface area contributed by atoms with Crippen molar-refractivity contribution in [2.75, 3.05) is 6.54 Å². The highest BCUT2D eigenvalue weighted by Crippen LogP contribution is 2.11. The highest BCUT2D eigenvalue weighted by atomic mass is 16.3. The van der Waals surface area contributed by atoms with E-state index in [0.717, 1.165) is 37.3 Å². The molecule has 0 aromatic carbocycles. The van der Waals surface area contributed by atoms with E-state index in [1.807, 2.05) is 0 Å². The Morgan fingerprint density at radius 1 is 1.27 bits per heavy atom. The van der Waals surface area contributed by atoms with Gasteiger partial charge in [0.1, 0.15) is 11.5 Å². The monoisotopic (exact) mass is 209 g/mol. The summed E-state index contributed by atoms with van der Waals surface area (Å²) in [4.78, 5) is 0. The molecule has 86 valence electrons. The molecule has 0 saturated carbocycles. The van der Waals surface area contributed by atoms with Crippen LogP contribution in [0.4, 0.5) is 0 Å². The van der Waals surface area contributed by atoms with Gasteiger partial charge in [0.25, 0.3) is 0 Å². The molecule has 1 unspecified atom stereocenters. The lowest BCUT2D eigenvalue weighted by Gasteiger charge is -2.11.